The van der Waals surface area contributed by atoms with Gasteiger partial charge in [0.15, 0.2) is 11.6 Å². The molecule has 172 valence electrons. The van der Waals surface area contributed by atoms with E-state index in [0.717, 1.165) is 25.7 Å². The van der Waals surface area contributed by atoms with Crippen LogP contribution >= 0.6 is 0 Å². The summed E-state index contributed by atoms with van der Waals surface area (Å²) in [5.41, 5.74) is 6.36. The molecule has 0 amide bonds. The van der Waals surface area contributed by atoms with Crippen LogP contribution in [0.15, 0.2) is 35.2 Å². The standard InChI is InChI=1S/C24H28N2O5S.Na.H/c1-24(2,3)13-8-10-14(11-9-13)26-17-12-18(32(29,30)31)21(25)20-19(17)22(27)15-6-4-5-7-16(15)23(20)28;;/h4-7,12-14,26H,8-11,25H2,1-3H3,(H,29,30,31);;/q;+1;-1. The minimum absolute atomic E-state index is 0. The van der Waals surface area contributed by atoms with Crippen LogP contribution in [0.4, 0.5) is 11.4 Å². The number of nitrogen functional groups attached to an aromatic ring is 1. The molecule has 4 rings (SSSR count). The molecule has 0 unspecified atom stereocenters. The van der Waals surface area contributed by atoms with E-state index in [4.69, 9.17) is 5.73 Å². The third-order valence-corrected chi connectivity index (χ3v) is 7.68. The second-order valence-electron chi connectivity index (χ2n) is 9.82. The van der Waals surface area contributed by atoms with Crippen LogP contribution in [0.1, 0.15) is 79.7 Å². The van der Waals surface area contributed by atoms with Crippen molar-refractivity contribution >= 4 is 33.1 Å². The molecule has 0 spiro atoms. The van der Waals surface area contributed by atoms with Crippen molar-refractivity contribution in [3.05, 3.63) is 52.6 Å². The fourth-order valence-corrected chi connectivity index (χ4v) is 5.59. The number of benzene rings is 2. The Morgan fingerprint density at radius 2 is 1.52 bits per heavy atom. The van der Waals surface area contributed by atoms with E-state index in [1.54, 1.807) is 18.2 Å². The van der Waals surface area contributed by atoms with Crippen molar-refractivity contribution in [3.63, 3.8) is 0 Å². The molecule has 2 aromatic carbocycles. The van der Waals surface area contributed by atoms with Gasteiger partial charge in [0.1, 0.15) is 4.90 Å². The number of carbonyl (C=O) groups excluding carboxylic acids is 2. The van der Waals surface area contributed by atoms with Gasteiger partial charge >= 0.3 is 29.6 Å². The van der Waals surface area contributed by atoms with Crippen molar-refractivity contribution in [3.8, 4) is 0 Å². The van der Waals surface area contributed by atoms with Crippen molar-refractivity contribution < 1.29 is 53.5 Å². The maximum absolute atomic E-state index is 13.4. The topological polar surface area (TPSA) is 127 Å². The molecule has 7 nitrogen and oxygen atoms in total. The Balaban J connectivity index is 0.00000204. The van der Waals surface area contributed by atoms with Crippen molar-refractivity contribution in [2.24, 2.45) is 11.3 Å². The quantitative estimate of drug-likeness (QED) is 0.294. The van der Waals surface area contributed by atoms with Crippen molar-refractivity contribution in [1.29, 1.82) is 0 Å². The fourth-order valence-electron chi connectivity index (χ4n) is 4.94. The molecule has 2 aliphatic rings. The van der Waals surface area contributed by atoms with Gasteiger partial charge in [-0.05, 0) is 43.1 Å². The van der Waals surface area contributed by atoms with E-state index >= 15 is 0 Å². The van der Waals surface area contributed by atoms with E-state index in [1.807, 2.05) is 0 Å². The normalized spacial score (nSPS) is 20.5. The number of ketones is 2. The van der Waals surface area contributed by atoms with E-state index in [0.29, 0.717) is 5.92 Å². The third kappa shape index (κ3) is 4.77. The first kappa shape index (κ1) is 25.9. The summed E-state index contributed by atoms with van der Waals surface area (Å²) in [5, 5.41) is 3.30. The van der Waals surface area contributed by atoms with Gasteiger partial charge in [0.05, 0.1) is 16.8 Å². The van der Waals surface area contributed by atoms with Crippen LogP contribution in [0.3, 0.4) is 0 Å². The van der Waals surface area contributed by atoms with Crippen LogP contribution < -0.4 is 40.6 Å². The molecule has 4 N–H and O–H groups in total. The minimum atomic E-state index is -4.71. The summed E-state index contributed by atoms with van der Waals surface area (Å²) in [7, 11) is -4.71. The summed E-state index contributed by atoms with van der Waals surface area (Å²) in [4.78, 5) is 26.0. The Labute approximate surface area is 218 Å². The average molecular weight is 481 g/mol. The number of fused-ring (bicyclic) bond motifs is 2. The van der Waals surface area contributed by atoms with Gasteiger partial charge in [-0.3, -0.25) is 14.1 Å². The Morgan fingerprint density at radius 3 is 2.00 bits per heavy atom. The summed E-state index contributed by atoms with van der Waals surface area (Å²) >= 11 is 0. The number of nitrogens with one attached hydrogen (secondary N) is 1. The summed E-state index contributed by atoms with van der Waals surface area (Å²) < 4.78 is 33.8. The minimum Gasteiger partial charge on any atom is -1.00 e. The van der Waals surface area contributed by atoms with E-state index < -0.39 is 32.3 Å². The van der Waals surface area contributed by atoms with Gasteiger partial charge in [-0.25, -0.2) is 0 Å². The molecule has 0 radical (unpaired) electrons. The smallest absolute Gasteiger partial charge is 1.00 e. The SMILES string of the molecule is CC(C)(C)C1CCC(Nc2cc(S(=O)(=O)O)c(N)c3c2C(=O)c2ccccc2C3=O)CC1.[H-].[Na+]. The van der Waals surface area contributed by atoms with Crippen molar-refractivity contribution in [1.82, 2.24) is 0 Å². The number of hydrogen-bond acceptors (Lipinski definition) is 6. The molecule has 1 saturated carbocycles. The summed E-state index contributed by atoms with van der Waals surface area (Å²) in [5.74, 6) is -0.350. The molecule has 1 fully saturated rings. The zero-order chi connectivity index (χ0) is 23.4. The first-order valence-corrected chi connectivity index (χ1v) is 12.2. The van der Waals surface area contributed by atoms with E-state index in [1.165, 1.54) is 12.1 Å². The Kier molecular flexibility index (Phi) is 7.18. The van der Waals surface area contributed by atoms with Crippen LogP contribution in [-0.2, 0) is 10.1 Å². The number of nitrogens with two attached hydrogens (primary N) is 1. The molecule has 2 aliphatic carbocycles. The van der Waals surface area contributed by atoms with Crippen LogP contribution in [0, 0.1) is 11.3 Å². The van der Waals surface area contributed by atoms with Gasteiger partial charge in [-0.1, -0.05) is 45.0 Å². The van der Waals surface area contributed by atoms with E-state index in [9.17, 15) is 22.6 Å². The second kappa shape index (κ2) is 9.15. The molecular formula is C24H29N2NaO5S. The van der Waals surface area contributed by atoms with Gasteiger partial charge in [0.2, 0.25) is 0 Å². The summed E-state index contributed by atoms with van der Waals surface area (Å²) in [6.07, 6.45) is 3.69. The summed E-state index contributed by atoms with van der Waals surface area (Å²) in [6, 6.07) is 7.58. The summed E-state index contributed by atoms with van der Waals surface area (Å²) in [6.45, 7) is 6.67. The molecule has 0 saturated heterocycles. The number of hydrogen-bond donors (Lipinski definition) is 3. The predicted octanol–water partition coefficient (Wildman–Crippen LogP) is 1.42. The molecule has 9 heteroatoms. The Bertz CT molecular complexity index is 1230. The molecule has 0 aromatic heterocycles. The third-order valence-electron chi connectivity index (χ3n) is 6.79. The number of rotatable bonds is 3. The Morgan fingerprint density at radius 1 is 1.00 bits per heavy atom. The van der Waals surface area contributed by atoms with Crippen molar-refractivity contribution in [2.75, 3.05) is 11.1 Å². The average Bonchev–Trinajstić information content (AvgIpc) is 2.72. The van der Waals surface area contributed by atoms with Gasteiger partial charge in [-0.2, -0.15) is 8.42 Å². The van der Waals surface area contributed by atoms with Crippen LogP contribution in [0.25, 0.3) is 0 Å². The first-order valence-electron chi connectivity index (χ1n) is 10.8. The van der Waals surface area contributed by atoms with Gasteiger partial charge in [-0.15, -0.1) is 0 Å². The largest absolute Gasteiger partial charge is 1.00 e. The van der Waals surface area contributed by atoms with Gasteiger partial charge < -0.3 is 12.5 Å². The molecule has 33 heavy (non-hydrogen) atoms. The molecule has 2 aromatic rings. The Hall–Kier alpha value is -1.71. The molecule has 0 aliphatic heterocycles. The second-order valence-corrected chi connectivity index (χ2v) is 11.2. The zero-order valence-corrected chi connectivity index (χ0v) is 22.3. The van der Waals surface area contributed by atoms with Crippen molar-refractivity contribution in [2.45, 2.75) is 57.4 Å². The monoisotopic (exact) mass is 480 g/mol. The molecule has 0 heterocycles. The number of anilines is 2. The van der Waals surface area contributed by atoms with E-state index in [2.05, 4.69) is 26.1 Å². The van der Waals surface area contributed by atoms with Gasteiger partial charge in [0, 0.05) is 22.9 Å². The zero-order valence-electron chi connectivity index (χ0n) is 20.4. The molecule has 0 atom stereocenters. The molecular weight excluding hydrogens is 451 g/mol. The van der Waals surface area contributed by atoms with Gasteiger partial charge in [0.25, 0.3) is 10.1 Å². The fraction of sp³-hybridized carbons (Fsp3) is 0.417. The number of carbonyl (C=O) groups is 2. The molecule has 0 bridgehead atoms. The van der Waals surface area contributed by atoms with Crippen LogP contribution in [-0.4, -0.2) is 30.6 Å². The van der Waals surface area contributed by atoms with Crippen LogP contribution in [0.2, 0.25) is 0 Å². The maximum atomic E-state index is 13.4. The maximum Gasteiger partial charge on any atom is 1.00 e. The first-order chi connectivity index (χ1) is 14.9. The predicted molar refractivity (Wildman–Crippen MR) is 124 cm³/mol. The van der Waals surface area contributed by atoms with E-state index in [-0.39, 0.29) is 70.4 Å². The van der Waals surface area contributed by atoms with Crippen LogP contribution in [0.5, 0.6) is 0 Å².